The van der Waals surface area contributed by atoms with E-state index in [1.54, 1.807) is 0 Å². The van der Waals surface area contributed by atoms with E-state index in [1.165, 1.54) is 0 Å². The Morgan fingerprint density at radius 2 is 1.86 bits per heavy atom. The summed E-state index contributed by atoms with van der Waals surface area (Å²) >= 11 is 0. The van der Waals surface area contributed by atoms with Crippen molar-refractivity contribution in [3.05, 3.63) is 29.8 Å². The predicted octanol–water partition coefficient (Wildman–Crippen LogP) is 2.62. The highest BCUT2D eigenvalue weighted by molar-refractivity contribution is 5.88. The van der Waals surface area contributed by atoms with Gasteiger partial charge >= 0.3 is 0 Å². The molecule has 0 spiro atoms. The number of likely N-dealkylation sites (N-methyl/N-ethyl adjacent to an activating group) is 1. The molecule has 3 N–H and O–H groups in total. The molecule has 28 heavy (non-hydrogen) atoms. The van der Waals surface area contributed by atoms with Gasteiger partial charge in [0.1, 0.15) is 17.9 Å². The van der Waals surface area contributed by atoms with Crippen LogP contribution in [0.3, 0.4) is 0 Å². The van der Waals surface area contributed by atoms with Crippen LogP contribution in [0.1, 0.15) is 32.8 Å². The van der Waals surface area contributed by atoms with E-state index in [0.717, 1.165) is 17.9 Å². The van der Waals surface area contributed by atoms with Gasteiger partial charge in [0.2, 0.25) is 5.91 Å². The highest BCUT2D eigenvalue weighted by Gasteiger charge is 2.62. The van der Waals surface area contributed by atoms with E-state index in [1.807, 2.05) is 59.1 Å². The lowest BCUT2D eigenvalue weighted by atomic mass is 9.54. The van der Waals surface area contributed by atoms with Gasteiger partial charge in [-0.25, -0.2) is 0 Å². The van der Waals surface area contributed by atoms with Gasteiger partial charge < -0.3 is 25.4 Å². The smallest absolute Gasteiger partial charge is 0.241 e. The summed E-state index contributed by atoms with van der Waals surface area (Å²) in [6.45, 7) is 8.55. The van der Waals surface area contributed by atoms with Crippen molar-refractivity contribution >= 4 is 30.7 Å². The van der Waals surface area contributed by atoms with Crippen LogP contribution in [0.4, 0.5) is 0 Å². The minimum absolute atomic E-state index is 0. The monoisotopic (exact) mass is 435 g/mol. The van der Waals surface area contributed by atoms with Gasteiger partial charge in [0.05, 0.1) is 6.10 Å². The average molecular weight is 436 g/mol. The summed E-state index contributed by atoms with van der Waals surface area (Å²) < 4.78 is 11.4. The highest BCUT2D eigenvalue weighted by atomic mass is 35.5. The number of nitrogens with one attached hydrogen (secondary N) is 1. The molecule has 1 aromatic rings. The Bertz CT molecular complexity index is 611. The topological polar surface area (TPSA) is 76.8 Å². The van der Waals surface area contributed by atoms with E-state index in [2.05, 4.69) is 10.2 Å². The van der Waals surface area contributed by atoms with Crippen molar-refractivity contribution in [1.29, 1.82) is 0 Å². The van der Waals surface area contributed by atoms with Gasteiger partial charge in [0.15, 0.2) is 0 Å². The van der Waals surface area contributed by atoms with Crippen LogP contribution in [0.5, 0.6) is 5.75 Å². The SMILES string of the molecule is CCOC1CC(N)(C(=O)NCc2ccc(OCCN(C)C)cc2)C1(C)C.Cl.Cl. The van der Waals surface area contributed by atoms with E-state index in [4.69, 9.17) is 15.2 Å². The summed E-state index contributed by atoms with van der Waals surface area (Å²) in [5.41, 5.74) is 6.15. The van der Waals surface area contributed by atoms with Crippen molar-refractivity contribution in [3.63, 3.8) is 0 Å². The minimum atomic E-state index is -0.887. The number of carbonyl (C=O) groups is 1. The summed E-state index contributed by atoms with van der Waals surface area (Å²) in [6.07, 6.45) is 0.583. The quantitative estimate of drug-likeness (QED) is 0.623. The Balaban J connectivity index is 0.00000364. The number of amides is 1. The minimum Gasteiger partial charge on any atom is -0.492 e. The zero-order valence-corrected chi connectivity index (χ0v) is 19.1. The first-order valence-electron chi connectivity index (χ1n) is 9.26. The van der Waals surface area contributed by atoms with Gasteiger partial charge in [-0.2, -0.15) is 0 Å². The van der Waals surface area contributed by atoms with Crippen molar-refractivity contribution in [3.8, 4) is 5.75 Å². The third-order valence-electron chi connectivity index (χ3n) is 5.42. The number of ether oxygens (including phenoxy) is 2. The van der Waals surface area contributed by atoms with Crippen LogP contribution in [0.25, 0.3) is 0 Å². The second-order valence-corrected chi connectivity index (χ2v) is 7.82. The third kappa shape index (κ3) is 5.97. The fourth-order valence-electron chi connectivity index (χ4n) is 3.21. The lowest BCUT2D eigenvalue weighted by molar-refractivity contribution is -0.170. The molecule has 162 valence electrons. The average Bonchev–Trinajstić information content (AvgIpc) is 2.60. The number of nitrogens with zero attached hydrogens (tertiary/aromatic N) is 1. The fraction of sp³-hybridized carbons (Fsp3) is 0.650. The van der Waals surface area contributed by atoms with E-state index in [-0.39, 0.29) is 42.2 Å². The van der Waals surface area contributed by atoms with Gasteiger partial charge in [-0.15, -0.1) is 24.8 Å². The molecule has 0 radical (unpaired) electrons. The van der Waals surface area contributed by atoms with Crippen LogP contribution in [0, 0.1) is 5.41 Å². The summed E-state index contributed by atoms with van der Waals surface area (Å²) in [4.78, 5) is 14.7. The molecule has 0 saturated heterocycles. The van der Waals surface area contributed by atoms with Crippen LogP contribution in [0.15, 0.2) is 24.3 Å². The van der Waals surface area contributed by atoms with Crippen molar-refractivity contribution in [2.45, 2.75) is 45.4 Å². The number of benzene rings is 1. The number of nitrogens with two attached hydrogens (primary N) is 1. The van der Waals surface area contributed by atoms with E-state index in [9.17, 15) is 4.79 Å². The molecular formula is C20H35Cl2N3O3. The molecule has 1 saturated carbocycles. The number of hydrogen-bond donors (Lipinski definition) is 2. The van der Waals surface area contributed by atoms with Gasteiger partial charge in [0.25, 0.3) is 0 Å². The Morgan fingerprint density at radius 1 is 1.25 bits per heavy atom. The van der Waals surface area contributed by atoms with Crippen LogP contribution in [-0.2, 0) is 16.1 Å². The Morgan fingerprint density at radius 3 is 2.36 bits per heavy atom. The number of halogens is 2. The van der Waals surface area contributed by atoms with Crippen LogP contribution in [0.2, 0.25) is 0 Å². The van der Waals surface area contributed by atoms with Gasteiger partial charge in [-0.1, -0.05) is 26.0 Å². The van der Waals surface area contributed by atoms with E-state index < -0.39 is 5.54 Å². The Hall–Kier alpha value is -1.05. The maximum absolute atomic E-state index is 12.6. The molecule has 6 nitrogen and oxygen atoms in total. The molecule has 1 amide bonds. The first kappa shape index (κ1) is 27.0. The van der Waals surface area contributed by atoms with Crippen molar-refractivity contribution in [1.82, 2.24) is 10.2 Å². The molecule has 1 fully saturated rings. The zero-order valence-electron chi connectivity index (χ0n) is 17.5. The predicted molar refractivity (Wildman–Crippen MR) is 118 cm³/mol. The maximum atomic E-state index is 12.6. The van der Waals surface area contributed by atoms with Crippen LogP contribution < -0.4 is 15.8 Å². The van der Waals surface area contributed by atoms with Crippen molar-refractivity contribution in [2.75, 3.05) is 33.9 Å². The Labute approximate surface area is 181 Å². The first-order chi connectivity index (χ1) is 12.2. The molecule has 0 aromatic heterocycles. The molecule has 1 aromatic carbocycles. The molecular weight excluding hydrogens is 401 g/mol. The molecule has 1 aliphatic rings. The third-order valence-corrected chi connectivity index (χ3v) is 5.42. The van der Waals surface area contributed by atoms with E-state index in [0.29, 0.717) is 26.2 Å². The second kappa shape index (κ2) is 11.2. The standard InChI is InChI=1S/C20H33N3O3.2ClH/c1-6-25-17-13-20(21,19(17,2)3)18(24)22-14-15-7-9-16(10-8-15)26-12-11-23(4)5;;/h7-10,17H,6,11-14,21H2,1-5H3,(H,22,24);2*1H. The normalized spacial score (nSPS) is 22.5. The first-order valence-corrected chi connectivity index (χ1v) is 9.26. The van der Waals surface area contributed by atoms with E-state index >= 15 is 0 Å². The molecule has 0 bridgehead atoms. The van der Waals surface area contributed by atoms with Gasteiger partial charge in [-0.05, 0) is 38.7 Å². The summed E-state index contributed by atoms with van der Waals surface area (Å²) in [5.74, 6) is 0.710. The summed E-state index contributed by atoms with van der Waals surface area (Å²) in [5, 5.41) is 2.97. The summed E-state index contributed by atoms with van der Waals surface area (Å²) in [7, 11) is 4.03. The summed E-state index contributed by atoms with van der Waals surface area (Å²) in [6, 6.07) is 7.77. The van der Waals surface area contributed by atoms with Crippen LogP contribution >= 0.6 is 24.8 Å². The zero-order chi connectivity index (χ0) is 19.4. The number of hydrogen-bond acceptors (Lipinski definition) is 5. The highest BCUT2D eigenvalue weighted by Crippen LogP contribution is 2.49. The molecule has 2 rings (SSSR count). The maximum Gasteiger partial charge on any atom is 0.241 e. The molecule has 0 heterocycles. The fourth-order valence-corrected chi connectivity index (χ4v) is 3.21. The number of carbonyl (C=O) groups excluding carboxylic acids is 1. The lowest BCUT2D eigenvalue weighted by Gasteiger charge is -2.57. The molecule has 2 atom stereocenters. The molecule has 8 heteroatoms. The van der Waals surface area contributed by atoms with Crippen molar-refractivity contribution in [2.24, 2.45) is 11.1 Å². The lowest BCUT2D eigenvalue weighted by Crippen LogP contribution is -2.75. The molecule has 1 aliphatic carbocycles. The Kier molecular flexibility index (Phi) is 10.8. The van der Waals surface area contributed by atoms with Crippen LogP contribution in [-0.4, -0.2) is 56.3 Å². The van der Waals surface area contributed by atoms with Gasteiger partial charge in [0, 0.05) is 31.5 Å². The van der Waals surface area contributed by atoms with Gasteiger partial charge in [-0.3, -0.25) is 4.79 Å². The van der Waals surface area contributed by atoms with Crippen molar-refractivity contribution < 1.29 is 14.3 Å². The second-order valence-electron chi connectivity index (χ2n) is 7.82. The molecule has 0 aliphatic heterocycles. The number of rotatable bonds is 9. The largest absolute Gasteiger partial charge is 0.492 e. The molecule has 2 unspecified atom stereocenters.